The Morgan fingerprint density at radius 2 is 0.699 bits per heavy atom. The fourth-order valence-electron chi connectivity index (χ4n) is 10.8. The molecule has 0 radical (unpaired) electrons. The number of hydrogen-bond donors (Lipinski definition) is 0. The molecule has 2 aromatic heterocycles. The van der Waals surface area contributed by atoms with E-state index in [1.807, 2.05) is 6.07 Å². The molecular weight excluding hydrogens is 904 g/mol. The largest absolute Gasteiger partial charge is 0.417 e. The van der Waals surface area contributed by atoms with E-state index in [0.717, 1.165) is 116 Å². The topological polar surface area (TPSA) is 33.6 Å². The third-order valence-electron chi connectivity index (χ3n) is 14.6. The lowest BCUT2D eigenvalue weighted by Crippen LogP contribution is -2.10. The molecule has 0 aliphatic rings. The Morgan fingerprint density at radius 1 is 0.370 bits per heavy atom. The summed E-state index contributed by atoms with van der Waals surface area (Å²) in [7, 11) is 0. The van der Waals surface area contributed by atoms with Crippen LogP contribution in [0.5, 0.6) is 0 Å². The summed E-state index contributed by atoms with van der Waals surface area (Å²) in [6.07, 6.45) is -4.69. The van der Waals surface area contributed by atoms with Crippen LogP contribution in [0.1, 0.15) is 38.9 Å². The molecular formula is C67H48F3N3. The minimum atomic E-state index is -4.69. The summed E-state index contributed by atoms with van der Waals surface area (Å²) in [5.41, 5.74) is 17.6. The SMILES string of the molecule is Cc1ccc(-c2ccc3c(c2)c2cc(-c4ccc(C)cc4)ccc2n3-c2cc(-c3c(C)cccc3C(F)(F)F)c(-n3c4ccc(-c5ccc(C)cc5)cc4c4cc(-c5ccc(C)cc5)ccc43)cc2C#N)cc1. The van der Waals surface area contributed by atoms with Gasteiger partial charge in [-0.25, -0.2) is 0 Å². The number of aromatic nitrogens is 2. The summed E-state index contributed by atoms with van der Waals surface area (Å²) >= 11 is 0. The number of nitrogens with zero attached hydrogens (tertiary/aromatic N) is 3. The third-order valence-corrected chi connectivity index (χ3v) is 14.6. The van der Waals surface area contributed by atoms with Gasteiger partial charge >= 0.3 is 6.18 Å². The van der Waals surface area contributed by atoms with Gasteiger partial charge < -0.3 is 9.13 Å². The molecule has 12 rings (SSSR count). The molecule has 0 unspecified atom stereocenters. The van der Waals surface area contributed by atoms with Crippen LogP contribution in [0.3, 0.4) is 0 Å². The Hall–Kier alpha value is -8.92. The molecule has 0 atom stereocenters. The smallest absolute Gasteiger partial charge is 0.309 e. The van der Waals surface area contributed by atoms with Crippen LogP contribution in [0.2, 0.25) is 0 Å². The summed E-state index contributed by atoms with van der Waals surface area (Å²) in [5, 5.41) is 15.2. The monoisotopic (exact) mass is 951 g/mol. The van der Waals surface area contributed by atoms with Gasteiger partial charge in [0.05, 0.1) is 44.6 Å². The molecule has 12 aromatic rings. The maximum absolute atomic E-state index is 15.6. The molecule has 0 saturated heterocycles. The van der Waals surface area contributed by atoms with Crippen molar-refractivity contribution in [2.75, 3.05) is 0 Å². The number of fused-ring (bicyclic) bond motifs is 6. The highest BCUT2D eigenvalue weighted by molar-refractivity contribution is 6.14. The number of alkyl halides is 3. The van der Waals surface area contributed by atoms with Gasteiger partial charge in [-0.2, -0.15) is 18.4 Å². The van der Waals surface area contributed by atoms with Gasteiger partial charge in [0.2, 0.25) is 0 Å². The summed E-state index contributed by atoms with van der Waals surface area (Å²) in [5.74, 6) is 0. The van der Waals surface area contributed by atoms with Gasteiger partial charge in [-0.1, -0.05) is 156 Å². The van der Waals surface area contributed by atoms with Gasteiger partial charge in [0.15, 0.2) is 0 Å². The zero-order valence-electron chi connectivity index (χ0n) is 41.0. The maximum Gasteiger partial charge on any atom is 0.417 e. The van der Waals surface area contributed by atoms with E-state index < -0.39 is 11.7 Å². The number of halogens is 3. The molecule has 0 aliphatic heterocycles. The van der Waals surface area contributed by atoms with E-state index in [4.69, 9.17) is 0 Å². The number of aryl methyl sites for hydroxylation is 5. The zero-order chi connectivity index (χ0) is 50.3. The van der Waals surface area contributed by atoms with Crippen LogP contribution >= 0.6 is 0 Å². The quantitative estimate of drug-likeness (QED) is 0.157. The van der Waals surface area contributed by atoms with Crippen molar-refractivity contribution in [2.24, 2.45) is 0 Å². The second kappa shape index (κ2) is 17.4. The molecule has 73 heavy (non-hydrogen) atoms. The average molecular weight is 952 g/mol. The van der Waals surface area contributed by atoms with E-state index in [1.165, 1.54) is 6.07 Å². The number of benzene rings is 10. The molecule has 352 valence electrons. The summed E-state index contributed by atoms with van der Waals surface area (Å²) < 4.78 is 51.0. The van der Waals surface area contributed by atoms with Crippen molar-refractivity contribution in [2.45, 2.75) is 40.8 Å². The highest BCUT2D eigenvalue weighted by atomic mass is 19.4. The van der Waals surface area contributed by atoms with Crippen LogP contribution in [0.15, 0.2) is 200 Å². The summed E-state index contributed by atoms with van der Waals surface area (Å²) in [6, 6.07) is 69.6. The van der Waals surface area contributed by atoms with E-state index in [-0.39, 0.29) is 5.56 Å². The van der Waals surface area contributed by atoms with Crippen molar-refractivity contribution >= 4 is 43.6 Å². The van der Waals surface area contributed by atoms with Gasteiger partial charge in [0.25, 0.3) is 0 Å². The van der Waals surface area contributed by atoms with Crippen LogP contribution in [-0.2, 0) is 6.18 Å². The molecule has 0 N–H and O–H groups in total. The van der Waals surface area contributed by atoms with Gasteiger partial charge in [0.1, 0.15) is 6.07 Å². The van der Waals surface area contributed by atoms with Gasteiger partial charge in [-0.3, -0.25) is 0 Å². The lowest BCUT2D eigenvalue weighted by atomic mass is 9.91. The minimum Gasteiger partial charge on any atom is -0.309 e. The van der Waals surface area contributed by atoms with Gasteiger partial charge in [-0.05, 0) is 157 Å². The molecule has 0 amide bonds. The second-order valence-corrected chi connectivity index (χ2v) is 19.6. The van der Waals surface area contributed by atoms with Crippen molar-refractivity contribution in [1.82, 2.24) is 9.13 Å². The van der Waals surface area contributed by atoms with Crippen molar-refractivity contribution in [3.05, 3.63) is 239 Å². The van der Waals surface area contributed by atoms with Crippen molar-refractivity contribution in [3.63, 3.8) is 0 Å². The molecule has 0 spiro atoms. The zero-order valence-corrected chi connectivity index (χ0v) is 41.0. The highest BCUT2D eigenvalue weighted by Crippen LogP contribution is 2.47. The second-order valence-electron chi connectivity index (χ2n) is 19.6. The van der Waals surface area contributed by atoms with Crippen molar-refractivity contribution in [3.8, 4) is 73.1 Å². The van der Waals surface area contributed by atoms with Gasteiger partial charge in [0, 0.05) is 27.1 Å². The molecule has 6 heteroatoms. The van der Waals surface area contributed by atoms with Crippen LogP contribution in [0.25, 0.3) is 111 Å². The number of hydrogen-bond acceptors (Lipinski definition) is 1. The molecule has 0 aliphatic carbocycles. The fourth-order valence-corrected chi connectivity index (χ4v) is 10.8. The van der Waals surface area contributed by atoms with Crippen LogP contribution in [-0.4, -0.2) is 9.13 Å². The lowest BCUT2D eigenvalue weighted by Gasteiger charge is -2.22. The molecule has 0 bridgehead atoms. The molecule has 2 heterocycles. The first-order valence-electron chi connectivity index (χ1n) is 24.5. The number of rotatable bonds is 7. The average Bonchev–Trinajstić information content (AvgIpc) is 3.90. The highest BCUT2D eigenvalue weighted by Gasteiger charge is 2.36. The van der Waals surface area contributed by atoms with Crippen LogP contribution < -0.4 is 0 Å². The molecule has 3 nitrogen and oxygen atoms in total. The lowest BCUT2D eigenvalue weighted by molar-refractivity contribution is -0.137. The van der Waals surface area contributed by atoms with Gasteiger partial charge in [-0.15, -0.1) is 0 Å². The Balaban J connectivity index is 1.18. The summed E-state index contributed by atoms with van der Waals surface area (Å²) in [6.45, 7) is 10.0. The first kappa shape index (κ1) is 45.2. The van der Waals surface area contributed by atoms with E-state index >= 15 is 13.2 Å². The molecule has 0 fully saturated rings. The van der Waals surface area contributed by atoms with E-state index in [0.29, 0.717) is 28.1 Å². The predicted octanol–water partition coefficient (Wildman–Crippen LogP) is 18.6. The predicted molar refractivity (Wildman–Crippen MR) is 296 cm³/mol. The van der Waals surface area contributed by atoms with E-state index in [2.05, 4.69) is 213 Å². The standard InChI is InChI=1S/C67H48F3N3/c1-40-9-17-45(18-10-40)49-25-29-60-54(33-49)55-34-50(46-19-11-41(2)12-20-46)26-30-61(55)72(60)64-38-58(66-44(5)7-6-8-59(66)67(68,69)70)65(37-53(64)39-71)73-62-31-27-51(47-21-13-42(3)14-22-47)35-56(62)57-36-52(28-32-63(57)73)48-23-15-43(4)16-24-48/h6-38H,1-5H3. The third kappa shape index (κ3) is 7.86. The Bertz CT molecular complexity index is 4000. The van der Waals surface area contributed by atoms with Crippen LogP contribution in [0.4, 0.5) is 13.2 Å². The number of nitriles is 1. The normalized spacial score (nSPS) is 11.8. The first-order chi connectivity index (χ1) is 35.3. The molecule has 10 aromatic carbocycles. The van der Waals surface area contributed by atoms with Crippen molar-refractivity contribution in [1.29, 1.82) is 5.26 Å². The van der Waals surface area contributed by atoms with E-state index in [1.54, 1.807) is 19.1 Å². The first-order valence-corrected chi connectivity index (χ1v) is 24.5. The van der Waals surface area contributed by atoms with Crippen LogP contribution in [0, 0.1) is 45.9 Å². The van der Waals surface area contributed by atoms with E-state index in [9.17, 15) is 5.26 Å². The maximum atomic E-state index is 15.6. The Morgan fingerprint density at radius 3 is 1.03 bits per heavy atom. The Kier molecular flexibility index (Phi) is 10.8. The Labute approximate surface area is 422 Å². The summed E-state index contributed by atoms with van der Waals surface area (Å²) in [4.78, 5) is 0. The minimum absolute atomic E-state index is 0.0578. The van der Waals surface area contributed by atoms with Crippen molar-refractivity contribution < 1.29 is 13.2 Å². The fraction of sp³-hybridized carbons (Fsp3) is 0.0896. The molecule has 0 saturated carbocycles.